The van der Waals surface area contributed by atoms with Crippen LogP contribution in [-0.2, 0) is 0 Å². The molecule has 0 saturated carbocycles. The molecule has 0 aliphatic carbocycles. The van der Waals surface area contributed by atoms with Crippen molar-refractivity contribution in [1.29, 1.82) is 0 Å². The van der Waals surface area contributed by atoms with Gasteiger partial charge in [-0.25, -0.2) is 5.43 Å². The van der Waals surface area contributed by atoms with E-state index in [1.54, 1.807) is 19.2 Å². The van der Waals surface area contributed by atoms with Crippen molar-refractivity contribution in [2.45, 2.75) is 0 Å². The second-order valence-corrected chi connectivity index (χ2v) is 1.85. The van der Waals surface area contributed by atoms with Crippen molar-refractivity contribution in [2.24, 2.45) is 0 Å². The third kappa shape index (κ3) is 1.46. The van der Waals surface area contributed by atoms with Gasteiger partial charge >= 0.3 is 0 Å². The molecule has 3 nitrogen and oxygen atoms in total. The molecule has 0 aromatic heterocycles. The van der Waals surface area contributed by atoms with Gasteiger partial charge in [-0.2, -0.15) is 0 Å². The maximum Gasteiger partial charge on any atom is 0.0404 e. The first kappa shape index (κ1) is 7.05. The molecule has 1 aromatic carbocycles. The molecule has 0 saturated heterocycles. The number of anilines is 1. The second kappa shape index (κ2) is 3.20. The van der Waals surface area contributed by atoms with E-state index in [1.807, 2.05) is 18.2 Å². The Morgan fingerprint density at radius 3 is 2.40 bits per heavy atom. The molecule has 0 atom stereocenters. The molecule has 10 heavy (non-hydrogen) atoms. The van der Waals surface area contributed by atoms with Crippen molar-refractivity contribution in [3.63, 3.8) is 0 Å². The van der Waals surface area contributed by atoms with Gasteiger partial charge in [0.05, 0.1) is 0 Å². The minimum Gasteiger partial charge on any atom is -0.743 e. The van der Waals surface area contributed by atoms with Gasteiger partial charge in [0.25, 0.3) is 0 Å². The van der Waals surface area contributed by atoms with Crippen molar-refractivity contribution in [2.75, 3.05) is 12.2 Å². The molecular weight excluding hydrogens is 128 g/mol. The summed E-state index contributed by atoms with van der Waals surface area (Å²) in [4.78, 5) is 0. The maximum absolute atomic E-state index is 10.8. The summed E-state index contributed by atoms with van der Waals surface area (Å²) in [7, 11) is 1.58. The molecule has 0 heterocycles. The number of hydrogen-bond donors (Lipinski definition) is 1. The van der Waals surface area contributed by atoms with Crippen LogP contribution in [0.2, 0.25) is 0 Å². The summed E-state index contributed by atoms with van der Waals surface area (Å²) in [5.41, 5.74) is 3.07. The predicted octanol–water partition coefficient (Wildman–Crippen LogP) is 1.13. The minimum atomic E-state index is 0.616. The van der Waals surface area contributed by atoms with E-state index in [4.69, 9.17) is 0 Å². The Morgan fingerprint density at radius 2 is 1.90 bits per heavy atom. The van der Waals surface area contributed by atoms with Gasteiger partial charge < -0.3 is 10.4 Å². The summed E-state index contributed by atoms with van der Waals surface area (Å²) in [5.74, 6) is 0. The molecule has 0 amide bonds. The fourth-order valence-electron chi connectivity index (χ4n) is 0.692. The molecule has 0 spiro atoms. The van der Waals surface area contributed by atoms with Gasteiger partial charge in [-0.05, 0) is 12.1 Å². The van der Waals surface area contributed by atoms with Gasteiger partial charge in [0.2, 0.25) is 0 Å². The summed E-state index contributed by atoms with van der Waals surface area (Å²) in [5, 5.41) is 11.5. The maximum atomic E-state index is 10.8. The van der Waals surface area contributed by atoms with Crippen LogP contribution in [0, 0.1) is 5.21 Å². The molecule has 0 unspecified atom stereocenters. The highest BCUT2D eigenvalue weighted by Gasteiger charge is 1.86. The summed E-state index contributed by atoms with van der Waals surface area (Å²) in [6.45, 7) is 0. The quantitative estimate of drug-likeness (QED) is 0.621. The highest BCUT2D eigenvalue weighted by Crippen LogP contribution is 2.07. The minimum absolute atomic E-state index is 0.616. The van der Waals surface area contributed by atoms with Crippen molar-refractivity contribution >= 4 is 5.69 Å². The molecule has 1 aromatic rings. The van der Waals surface area contributed by atoms with E-state index in [0.717, 1.165) is 0 Å². The molecule has 54 valence electrons. The van der Waals surface area contributed by atoms with Gasteiger partial charge in [-0.15, -0.1) is 0 Å². The lowest BCUT2D eigenvalue weighted by molar-refractivity contribution is 0.831. The SMILES string of the molecule is CNN([O-])c1ccccc1. The first-order valence-corrected chi connectivity index (χ1v) is 3.04. The Hall–Kier alpha value is -1.06. The van der Waals surface area contributed by atoms with E-state index < -0.39 is 0 Å². The van der Waals surface area contributed by atoms with Crippen LogP contribution in [0.5, 0.6) is 0 Å². The lowest BCUT2D eigenvalue weighted by Crippen LogP contribution is -2.28. The van der Waals surface area contributed by atoms with E-state index in [1.165, 1.54) is 0 Å². The Balaban J connectivity index is 2.75. The largest absolute Gasteiger partial charge is 0.743 e. The Morgan fingerprint density at radius 1 is 1.30 bits per heavy atom. The van der Waals surface area contributed by atoms with Gasteiger partial charge in [0.15, 0.2) is 0 Å². The zero-order valence-electron chi connectivity index (χ0n) is 5.74. The van der Waals surface area contributed by atoms with Crippen molar-refractivity contribution in [3.05, 3.63) is 35.5 Å². The first-order valence-electron chi connectivity index (χ1n) is 3.04. The molecule has 0 radical (unpaired) electrons. The zero-order valence-corrected chi connectivity index (χ0v) is 5.74. The molecule has 0 aliphatic rings. The van der Waals surface area contributed by atoms with Gasteiger partial charge in [-0.1, -0.05) is 18.2 Å². The Bertz CT molecular complexity index is 188. The lowest BCUT2D eigenvalue weighted by atomic mass is 10.3. The number of rotatable bonds is 2. The van der Waals surface area contributed by atoms with Crippen LogP contribution >= 0.6 is 0 Å². The Kier molecular flexibility index (Phi) is 2.25. The zero-order chi connectivity index (χ0) is 7.40. The number of nitrogens with one attached hydrogen (secondary N) is 1. The molecule has 1 rings (SSSR count). The summed E-state index contributed by atoms with van der Waals surface area (Å²) in [6.07, 6.45) is 0. The lowest BCUT2D eigenvalue weighted by Gasteiger charge is -2.28. The van der Waals surface area contributed by atoms with Gasteiger partial charge in [0.1, 0.15) is 0 Å². The van der Waals surface area contributed by atoms with Crippen molar-refractivity contribution in [3.8, 4) is 0 Å². The number of nitrogens with zero attached hydrogens (tertiary/aromatic N) is 1. The summed E-state index contributed by atoms with van der Waals surface area (Å²) in [6, 6.07) is 8.98. The molecule has 3 heteroatoms. The van der Waals surface area contributed by atoms with Crippen LogP contribution in [0.25, 0.3) is 0 Å². The highest BCUT2D eigenvalue weighted by molar-refractivity contribution is 5.44. The topological polar surface area (TPSA) is 38.3 Å². The van der Waals surface area contributed by atoms with Gasteiger partial charge in [-0.3, -0.25) is 0 Å². The predicted molar refractivity (Wildman–Crippen MR) is 41.3 cm³/mol. The van der Waals surface area contributed by atoms with Crippen LogP contribution in [0.3, 0.4) is 0 Å². The molecule has 0 bridgehead atoms. The van der Waals surface area contributed by atoms with E-state index in [9.17, 15) is 5.21 Å². The third-order valence-electron chi connectivity index (χ3n) is 1.19. The average molecular weight is 137 g/mol. The van der Waals surface area contributed by atoms with Gasteiger partial charge in [0, 0.05) is 12.7 Å². The summed E-state index contributed by atoms with van der Waals surface area (Å²) >= 11 is 0. The van der Waals surface area contributed by atoms with E-state index >= 15 is 0 Å². The van der Waals surface area contributed by atoms with Crippen LogP contribution in [0.15, 0.2) is 30.3 Å². The number of hydrogen-bond acceptors (Lipinski definition) is 3. The molecule has 0 aliphatic heterocycles. The Labute approximate surface area is 59.8 Å². The molecule has 1 N–H and O–H groups in total. The van der Waals surface area contributed by atoms with Crippen molar-refractivity contribution in [1.82, 2.24) is 5.43 Å². The van der Waals surface area contributed by atoms with E-state index in [0.29, 0.717) is 10.9 Å². The second-order valence-electron chi connectivity index (χ2n) is 1.85. The van der Waals surface area contributed by atoms with E-state index in [2.05, 4.69) is 5.43 Å². The van der Waals surface area contributed by atoms with Crippen molar-refractivity contribution < 1.29 is 0 Å². The number of hydrazine groups is 1. The molecule has 0 fully saturated rings. The third-order valence-corrected chi connectivity index (χ3v) is 1.19. The summed E-state index contributed by atoms with van der Waals surface area (Å²) < 4.78 is 0. The molecular formula is C7H9N2O-. The standard InChI is InChI=1S/C7H9N2O/c1-8-9(10)7-5-3-2-4-6-7/h2-6,8H,1H3/q-1. The fraction of sp³-hybridized carbons (Fsp3) is 0.143. The average Bonchev–Trinajstić information content (AvgIpc) is 2.05. The van der Waals surface area contributed by atoms with Crippen LogP contribution in [0.4, 0.5) is 5.69 Å². The van der Waals surface area contributed by atoms with Crippen LogP contribution < -0.4 is 10.6 Å². The smallest absolute Gasteiger partial charge is 0.0404 e. The van der Waals surface area contributed by atoms with Crippen LogP contribution in [-0.4, -0.2) is 7.05 Å². The number of benzene rings is 1. The first-order chi connectivity index (χ1) is 4.84. The monoisotopic (exact) mass is 137 g/mol. The highest BCUT2D eigenvalue weighted by atomic mass is 16.5. The van der Waals surface area contributed by atoms with E-state index in [-0.39, 0.29) is 0 Å². The number of para-hydroxylation sites is 1. The van der Waals surface area contributed by atoms with Crippen LogP contribution in [0.1, 0.15) is 0 Å². The normalized spacial score (nSPS) is 9.40. The fourth-order valence-corrected chi connectivity index (χ4v) is 0.692.